The number of carbonyl (C=O) groups is 1. The lowest BCUT2D eigenvalue weighted by Gasteiger charge is -2.19. The van der Waals surface area contributed by atoms with Gasteiger partial charge in [0, 0.05) is 6.42 Å². The summed E-state index contributed by atoms with van der Waals surface area (Å²) in [5.74, 6) is -0.261. The summed E-state index contributed by atoms with van der Waals surface area (Å²) in [7, 11) is 0. The molecule has 0 aromatic carbocycles. The van der Waals surface area contributed by atoms with Gasteiger partial charge in [-0.15, -0.1) is 0 Å². The van der Waals surface area contributed by atoms with Gasteiger partial charge >= 0.3 is 5.97 Å². The third kappa shape index (κ3) is 8.01. The van der Waals surface area contributed by atoms with E-state index < -0.39 is 11.7 Å². The van der Waals surface area contributed by atoms with Gasteiger partial charge in [0.1, 0.15) is 5.60 Å². The molecule has 0 aromatic heterocycles. The third-order valence-corrected chi connectivity index (χ3v) is 1.55. The highest BCUT2D eigenvalue weighted by Crippen LogP contribution is 2.10. The molecule has 1 atom stereocenters. The molecule has 0 unspecified atom stereocenters. The Morgan fingerprint density at radius 1 is 1.43 bits per heavy atom. The molecule has 2 N–H and O–H groups in total. The van der Waals surface area contributed by atoms with Crippen LogP contribution in [0, 0.1) is 0 Å². The van der Waals surface area contributed by atoms with E-state index in [0.29, 0.717) is 12.8 Å². The van der Waals surface area contributed by atoms with E-state index >= 15 is 0 Å². The van der Waals surface area contributed by atoms with E-state index in [1.165, 1.54) is 0 Å². The number of carbonyl (C=O) groups excluding carboxylic acids is 1. The smallest absolute Gasteiger partial charge is 0.306 e. The minimum Gasteiger partial charge on any atom is -0.460 e. The highest BCUT2D eigenvalue weighted by Gasteiger charge is 2.15. The van der Waals surface area contributed by atoms with Crippen molar-refractivity contribution in [1.82, 2.24) is 0 Å². The van der Waals surface area contributed by atoms with Crippen LogP contribution in [0.25, 0.3) is 0 Å². The van der Waals surface area contributed by atoms with Gasteiger partial charge in [-0.2, -0.15) is 0 Å². The summed E-state index contributed by atoms with van der Waals surface area (Å²) in [6.07, 6.45) is 0.526. The molecule has 0 aliphatic heterocycles. The first-order valence-electron chi connectivity index (χ1n) is 4.86. The minimum absolute atomic E-state index is 0.256. The van der Waals surface area contributed by atoms with Crippen LogP contribution in [0.2, 0.25) is 0 Å². The van der Waals surface area contributed by atoms with Crippen molar-refractivity contribution in [3.05, 3.63) is 0 Å². The first-order chi connectivity index (χ1) is 6.35. The third-order valence-electron chi connectivity index (χ3n) is 1.55. The lowest BCUT2D eigenvalue weighted by atomic mass is 10.1. The quantitative estimate of drug-likeness (QED) is 0.651. The fourth-order valence-corrected chi connectivity index (χ4v) is 0.966. The molecule has 0 aromatic rings. The average Bonchev–Trinajstić information content (AvgIpc) is 2.00. The fourth-order valence-electron chi connectivity index (χ4n) is 0.966. The van der Waals surface area contributed by atoms with Crippen LogP contribution in [-0.2, 0) is 9.53 Å². The summed E-state index contributed by atoms with van der Waals surface area (Å²) < 4.78 is 5.07. The summed E-state index contributed by atoms with van der Waals surface area (Å²) in [6, 6.07) is 0. The number of hydrogen-bond acceptors (Lipinski definition) is 4. The normalized spacial score (nSPS) is 13.8. The van der Waals surface area contributed by atoms with Gasteiger partial charge in [0.25, 0.3) is 0 Å². The van der Waals surface area contributed by atoms with Gasteiger partial charge in [0.2, 0.25) is 0 Å². The van der Waals surface area contributed by atoms with Crippen LogP contribution in [0.15, 0.2) is 0 Å². The largest absolute Gasteiger partial charge is 0.460 e. The Morgan fingerprint density at radius 2 is 2.00 bits per heavy atom. The molecule has 0 rings (SSSR count). The summed E-state index contributed by atoms with van der Waals surface area (Å²) in [4.78, 5) is 11.2. The molecular weight excluding hydrogens is 184 g/mol. The molecule has 4 nitrogen and oxygen atoms in total. The van der Waals surface area contributed by atoms with Crippen LogP contribution < -0.4 is 0 Å². The molecule has 0 aliphatic carbocycles. The Labute approximate surface area is 84.9 Å². The molecule has 0 saturated carbocycles. The number of aliphatic hydroxyl groups excluding tert-OH is 2. The number of esters is 1. The average molecular weight is 204 g/mol. The highest BCUT2D eigenvalue weighted by molar-refractivity contribution is 5.69. The molecule has 0 heterocycles. The Bertz CT molecular complexity index is 171. The predicted molar refractivity (Wildman–Crippen MR) is 52.8 cm³/mol. The molecule has 0 radical (unpaired) electrons. The highest BCUT2D eigenvalue weighted by atomic mass is 16.6. The number of hydrogen-bond donors (Lipinski definition) is 2. The van der Waals surface area contributed by atoms with Gasteiger partial charge in [-0.25, -0.2) is 0 Å². The Balaban J connectivity index is 3.55. The predicted octanol–water partition coefficient (Wildman–Crippen LogP) is 0.852. The van der Waals surface area contributed by atoms with Gasteiger partial charge in [0.05, 0.1) is 12.7 Å². The van der Waals surface area contributed by atoms with E-state index in [0.717, 1.165) is 0 Å². The van der Waals surface area contributed by atoms with E-state index in [-0.39, 0.29) is 19.0 Å². The minimum atomic E-state index is -0.725. The maximum atomic E-state index is 11.2. The second-order valence-electron chi connectivity index (χ2n) is 4.32. The summed E-state index contributed by atoms with van der Waals surface area (Å²) in [5, 5.41) is 17.5. The van der Waals surface area contributed by atoms with Crippen LogP contribution in [0.4, 0.5) is 0 Å². The topological polar surface area (TPSA) is 66.8 Å². The standard InChI is InChI=1S/C10H20O4/c1-10(2,3)14-9(13)6-4-5-8(12)7-11/h8,11-12H,4-7H2,1-3H3/t8-/m0/s1. The van der Waals surface area contributed by atoms with Gasteiger partial charge in [-0.3, -0.25) is 4.79 Å². The van der Waals surface area contributed by atoms with E-state index in [2.05, 4.69) is 0 Å². The molecule has 0 amide bonds. The zero-order chi connectivity index (χ0) is 11.2. The molecule has 0 spiro atoms. The van der Waals surface area contributed by atoms with E-state index in [1.807, 2.05) is 20.8 Å². The van der Waals surface area contributed by atoms with Crippen molar-refractivity contribution in [3.63, 3.8) is 0 Å². The van der Waals surface area contributed by atoms with Crippen molar-refractivity contribution in [2.75, 3.05) is 6.61 Å². The van der Waals surface area contributed by atoms with E-state index in [4.69, 9.17) is 14.9 Å². The molecule has 0 bridgehead atoms. The lowest BCUT2D eigenvalue weighted by molar-refractivity contribution is -0.155. The zero-order valence-electron chi connectivity index (χ0n) is 9.12. The number of aliphatic hydroxyl groups is 2. The van der Waals surface area contributed by atoms with Gasteiger partial charge in [-0.1, -0.05) is 0 Å². The van der Waals surface area contributed by atoms with Crippen molar-refractivity contribution >= 4 is 5.97 Å². The first-order valence-corrected chi connectivity index (χ1v) is 4.86. The zero-order valence-corrected chi connectivity index (χ0v) is 9.12. The summed E-state index contributed by atoms with van der Waals surface area (Å²) >= 11 is 0. The van der Waals surface area contributed by atoms with Crippen molar-refractivity contribution in [2.45, 2.75) is 51.7 Å². The summed E-state index contributed by atoms with van der Waals surface area (Å²) in [5.41, 5.74) is -0.452. The first kappa shape index (κ1) is 13.4. The Hall–Kier alpha value is -0.610. The fraction of sp³-hybridized carbons (Fsp3) is 0.900. The van der Waals surface area contributed by atoms with Crippen molar-refractivity contribution < 1.29 is 19.7 Å². The van der Waals surface area contributed by atoms with Gasteiger partial charge in [0.15, 0.2) is 0 Å². The number of ether oxygens (including phenoxy) is 1. The maximum absolute atomic E-state index is 11.2. The molecule has 0 saturated heterocycles. The van der Waals surface area contributed by atoms with Crippen LogP contribution in [0.1, 0.15) is 40.0 Å². The van der Waals surface area contributed by atoms with Crippen LogP contribution in [0.3, 0.4) is 0 Å². The molecule has 4 heteroatoms. The second kappa shape index (κ2) is 5.98. The van der Waals surface area contributed by atoms with Gasteiger partial charge in [-0.05, 0) is 33.6 Å². The Morgan fingerprint density at radius 3 is 2.43 bits per heavy atom. The van der Waals surface area contributed by atoms with Crippen molar-refractivity contribution in [2.24, 2.45) is 0 Å². The second-order valence-corrected chi connectivity index (χ2v) is 4.32. The van der Waals surface area contributed by atoms with Gasteiger partial charge < -0.3 is 14.9 Å². The monoisotopic (exact) mass is 204 g/mol. The molecule has 0 fully saturated rings. The maximum Gasteiger partial charge on any atom is 0.306 e. The van der Waals surface area contributed by atoms with Crippen molar-refractivity contribution in [3.8, 4) is 0 Å². The molecule has 14 heavy (non-hydrogen) atoms. The van der Waals surface area contributed by atoms with E-state index in [9.17, 15) is 4.79 Å². The number of rotatable bonds is 5. The van der Waals surface area contributed by atoms with Crippen LogP contribution >= 0.6 is 0 Å². The molecular formula is C10H20O4. The van der Waals surface area contributed by atoms with Crippen LogP contribution in [0.5, 0.6) is 0 Å². The SMILES string of the molecule is CC(C)(C)OC(=O)CCC[C@H](O)CO. The molecule has 0 aliphatic rings. The van der Waals surface area contributed by atoms with E-state index in [1.54, 1.807) is 0 Å². The van der Waals surface area contributed by atoms with Crippen molar-refractivity contribution in [1.29, 1.82) is 0 Å². The summed E-state index contributed by atoms with van der Waals surface area (Å²) in [6.45, 7) is 5.18. The van der Waals surface area contributed by atoms with Crippen LogP contribution in [-0.4, -0.2) is 34.5 Å². The Kier molecular flexibility index (Phi) is 5.72. The molecule has 84 valence electrons. The lowest BCUT2D eigenvalue weighted by Crippen LogP contribution is -2.24.